The predicted molar refractivity (Wildman–Crippen MR) is 80.3 cm³/mol. The van der Waals surface area contributed by atoms with E-state index in [9.17, 15) is 4.79 Å². The van der Waals surface area contributed by atoms with Gasteiger partial charge in [0.05, 0.1) is 5.56 Å². The minimum Gasteiger partial charge on any atom is -0.398 e. The summed E-state index contributed by atoms with van der Waals surface area (Å²) in [6.45, 7) is 0.422. The van der Waals surface area contributed by atoms with E-state index in [1.54, 1.807) is 6.20 Å². The number of rotatable bonds is 3. The molecule has 20 heavy (non-hydrogen) atoms. The summed E-state index contributed by atoms with van der Waals surface area (Å²) in [6.07, 6.45) is 1.73. The zero-order chi connectivity index (χ0) is 13.9. The lowest BCUT2D eigenvalue weighted by Crippen LogP contribution is -2.23. The number of aromatic nitrogens is 1. The Morgan fingerprint density at radius 1 is 1.10 bits per heavy atom. The summed E-state index contributed by atoms with van der Waals surface area (Å²) < 4.78 is 0. The van der Waals surface area contributed by atoms with Crippen molar-refractivity contribution in [3.05, 3.63) is 65.9 Å². The average Bonchev–Trinajstić information content (AvgIpc) is 2.90. The Labute approximate surface area is 116 Å². The normalized spacial score (nSPS) is 10.6. The van der Waals surface area contributed by atoms with Gasteiger partial charge in [-0.15, -0.1) is 0 Å². The van der Waals surface area contributed by atoms with Crippen molar-refractivity contribution >= 4 is 22.5 Å². The van der Waals surface area contributed by atoms with Crippen molar-refractivity contribution in [1.82, 2.24) is 10.3 Å². The monoisotopic (exact) mass is 265 g/mol. The number of hydrogen-bond acceptors (Lipinski definition) is 2. The van der Waals surface area contributed by atoms with E-state index in [0.717, 1.165) is 16.5 Å². The Bertz CT molecular complexity index is 761. The maximum Gasteiger partial charge on any atom is 0.253 e. The van der Waals surface area contributed by atoms with Crippen LogP contribution in [0, 0.1) is 0 Å². The smallest absolute Gasteiger partial charge is 0.253 e. The summed E-state index contributed by atoms with van der Waals surface area (Å²) in [5.41, 5.74) is 9.07. The molecule has 4 heteroatoms. The van der Waals surface area contributed by atoms with Crippen molar-refractivity contribution < 1.29 is 4.79 Å². The highest BCUT2D eigenvalue weighted by molar-refractivity contribution is 6.06. The van der Waals surface area contributed by atoms with Crippen molar-refractivity contribution in [2.45, 2.75) is 6.54 Å². The molecule has 1 heterocycles. The molecule has 2 aromatic carbocycles. The Balaban J connectivity index is 1.79. The second-order valence-corrected chi connectivity index (χ2v) is 4.63. The summed E-state index contributed by atoms with van der Waals surface area (Å²) in [6, 6.07) is 15.2. The van der Waals surface area contributed by atoms with Crippen LogP contribution in [0.25, 0.3) is 10.9 Å². The second-order valence-electron chi connectivity index (χ2n) is 4.63. The van der Waals surface area contributed by atoms with E-state index in [0.29, 0.717) is 17.8 Å². The van der Waals surface area contributed by atoms with Crippen LogP contribution in [0.4, 0.5) is 5.69 Å². The molecule has 0 spiro atoms. The molecule has 100 valence electrons. The van der Waals surface area contributed by atoms with E-state index >= 15 is 0 Å². The van der Waals surface area contributed by atoms with Gasteiger partial charge in [-0.1, -0.05) is 36.4 Å². The Morgan fingerprint density at radius 3 is 2.70 bits per heavy atom. The minimum atomic E-state index is -0.106. The third-order valence-corrected chi connectivity index (χ3v) is 3.33. The average molecular weight is 265 g/mol. The van der Waals surface area contributed by atoms with Gasteiger partial charge >= 0.3 is 0 Å². The standard InChI is InChI=1S/C16H15N3O/c17-14-7-3-1-5-11(14)9-19-16(20)13-10-18-15-8-4-2-6-12(13)15/h1-8,10,18H,9,17H2,(H,19,20). The van der Waals surface area contributed by atoms with Gasteiger partial charge in [0, 0.05) is 29.3 Å². The molecule has 0 unspecified atom stereocenters. The van der Waals surface area contributed by atoms with Crippen LogP contribution in [0.5, 0.6) is 0 Å². The Kier molecular flexibility index (Phi) is 3.13. The van der Waals surface area contributed by atoms with Gasteiger partial charge < -0.3 is 16.0 Å². The van der Waals surface area contributed by atoms with Gasteiger partial charge in [0.2, 0.25) is 0 Å². The van der Waals surface area contributed by atoms with Gasteiger partial charge in [-0.3, -0.25) is 4.79 Å². The lowest BCUT2D eigenvalue weighted by molar-refractivity contribution is 0.0952. The van der Waals surface area contributed by atoms with Gasteiger partial charge in [-0.2, -0.15) is 0 Å². The maximum absolute atomic E-state index is 12.2. The summed E-state index contributed by atoms with van der Waals surface area (Å²) in [5, 5.41) is 3.82. The molecule has 0 radical (unpaired) electrons. The molecular weight excluding hydrogens is 250 g/mol. The lowest BCUT2D eigenvalue weighted by atomic mass is 10.1. The first-order chi connectivity index (χ1) is 9.75. The molecule has 3 aromatic rings. The third kappa shape index (κ3) is 2.23. The van der Waals surface area contributed by atoms with Gasteiger partial charge in [0.1, 0.15) is 0 Å². The highest BCUT2D eigenvalue weighted by atomic mass is 16.1. The summed E-state index contributed by atoms with van der Waals surface area (Å²) in [5.74, 6) is -0.106. The fourth-order valence-corrected chi connectivity index (χ4v) is 2.23. The Morgan fingerprint density at radius 2 is 1.85 bits per heavy atom. The quantitative estimate of drug-likeness (QED) is 0.637. The van der Waals surface area contributed by atoms with Gasteiger partial charge in [-0.25, -0.2) is 0 Å². The van der Waals surface area contributed by atoms with Crippen molar-refractivity contribution in [1.29, 1.82) is 0 Å². The highest BCUT2D eigenvalue weighted by Crippen LogP contribution is 2.18. The van der Waals surface area contributed by atoms with E-state index in [1.165, 1.54) is 0 Å². The number of fused-ring (bicyclic) bond motifs is 1. The van der Waals surface area contributed by atoms with Gasteiger partial charge in [0.25, 0.3) is 5.91 Å². The van der Waals surface area contributed by atoms with Crippen LogP contribution in [-0.4, -0.2) is 10.9 Å². The first kappa shape index (κ1) is 12.3. The molecule has 0 bridgehead atoms. The summed E-state index contributed by atoms with van der Waals surface area (Å²) in [4.78, 5) is 15.3. The molecule has 0 saturated carbocycles. The molecule has 4 N–H and O–H groups in total. The summed E-state index contributed by atoms with van der Waals surface area (Å²) >= 11 is 0. The molecule has 4 nitrogen and oxygen atoms in total. The number of para-hydroxylation sites is 2. The number of H-pyrrole nitrogens is 1. The first-order valence-electron chi connectivity index (χ1n) is 6.43. The van der Waals surface area contributed by atoms with Gasteiger partial charge in [0.15, 0.2) is 0 Å². The van der Waals surface area contributed by atoms with E-state index < -0.39 is 0 Å². The molecule has 0 fully saturated rings. The molecule has 0 atom stereocenters. The number of anilines is 1. The number of benzene rings is 2. The highest BCUT2D eigenvalue weighted by Gasteiger charge is 2.11. The van der Waals surface area contributed by atoms with Crippen LogP contribution < -0.4 is 11.1 Å². The van der Waals surface area contributed by atoms with Crippen molar-refractivity contribution in [3.8, 4) is 0 Å². The first-order valence-corrected chi connectivity index (χ1v) is 6.43. The minimum absolute atomic E-state index is 0.106. The SMILES string of the molecule is Nc1ccccc1CNC(=O)c1c[nH]c2ccccc12. The number of carbonyl (C=O) groups is 1. The fourth-order valence-electron chi connectivity index (χ4n) is 2.23. The number of nitrogens with one attached hydrogen (secondary N) is 2. The topological polar surface area (TPSA) is 70.9 Å². The van der Waals surface area contributed by atoms with Crippen molar-refractivity contribution in [2.24, 2.45) is 0 Å². The number of aromatic amines is 1. The largest absolute Gasteiger partial charge is 0.398 e. The third-order valence-electron chi connectivity index (χ3n) is 3.33. The number of carbonyl (C=O) groups excluding carboxylic acids is 1. The summed E-state index contributed by atoms with van der Waals surface area (Å²) in [7, 11) is 0. The van der Waals surface area contributed by atoms with E-state index in [2.05, 4.69) is 10.3 Å². The van der Waals surface area contributed by atoms with E-state index in [4.69, 9.17) is 5.73 Å². The van der Waals surface area contributed by atoms with Crippen LogP contribution in [0.2, 0.25) is 0 Å². The van der Waals surface area contributed by atoms with Crippen molar-refractivity contribution in [2.75, 3.05) is 5.73 Å². The zero-order valence-electron chi connectivity index (χ0n) is 10.9. The van der Waals surface area contributed by atoms with E-state index in [1.807, 2.05) is 48.5 Å². The Hall–Kier alpha value is -2.75. The zero-order valence-corrected chi connectivity index (χ0v) is 10.9. The number of hydrogen-bond donors (Lipinski definition) is 3. The lowest BCUT2D eigenvalue weighted by Gasteiger charge is -2.07. The van der Waals surface area contributed by atoms with Crippen LogP contribution in [0.15, 0.2) is 54.7 Å². The van der Waals surface area contributed by atoms with Crippen molar-refractivity contribution in [3.63, 3.8) is 0 Å². The van der Waals surface area contributed by atoms with Crippen LogP contribution >= 0.6 is 0 Å². The molecule has 3 rings (SSSR count). The molecular formula is C16H15N3O. The molecule has 1 amide bonds. The predicted octanol–water partition coefficient (Wildman–Crippen LogP) is 2.68. The van der Waals surface area contributed by atoms with Crippen LogP contribution in [0.3, 0.4) is 0 Å². The number of amides is 1. The van der Waals surface area contributed by atoms with Crippen LogP contribution in [0.1, 0.15) is 15.9 Å². The molecule has 0 aliphatic heterocycles. The second kappa shape index (κ2) is 5.09. The molecule has 0 aliphatic carbocycles. The number of nitrogen functional groups attached to an aromatic ring is 1. The molecule has 0 aliphatic rings. The van der Waals surface area contributed by atoms with E-state index in [-0.39, 0.29) is 5.91 Å². The fraction of sp³-hybridized carbons (Fsp3) is 0.0625. The number of nitrogens with two attached hydrogens (primary N) is 1. The van der Waals surface area contributed by atoms with Crippen LogP contribution in [-0.2, 0) is 6.54 Å². The molecule has 1 aromatic heterocycles. The molecule has 0 saturated heterocycles. The maximum atomic E-state index is 12.2. The van der Waals surface area contributed by atoms with Gasteiger partial charge in [-0.05, 0) is 17.7 Å².